The van der Waals surface area contributed by atoms with Crippen molar-refractivity contribution in [1.29, 1.82) is 0 Å². The Morgan fingerprint density at radius 3 is 2.23 bits per heavy atom. The number of halogens is 4. The van der Waals surface area contributed by atoms with Gasteiger partial charge in [-0.2, -0.15) is 13.2 Å². The first-order chi connectivity index (χ1) is 22.8. The van der Waals surface area contributed by atoms with Crippen LogP contribution >= 0.6 is 11.6 Å². The van der Waals surface area contributed by atoms with Crippen LogP contribution in [-0.4, -0.2) is 30.5 Å². The maximum atomic E-state index is 13.7. The van der Waals surface area contributed by atoms with E-state index in [9.17, 15) is 18.0 Å². The van der Waals surface area contributed by atoms with E-state index in [4.69, 9.17) is 20.8 Å². The van der Waals surface area contributed by atoms with Gasteiger partial charge in [0, 0.05) is 25.6 Å². The number of alkyl halides is 3. The van der Waals surface area contributed by atoms with Crippen LogP contribution in [0.4, 0.5) is 13.2 Å². The minimum atomic E-state index is -4.54. The highest BCUT2D eigenvalue weighted by Gasteiger charge is 2.34. The van der Waals surface area contributed by atoms with E-state index < -0.39 is 11.7 Å². The lowest BCUT2D eigenvalue weighted by Gasteiger charge is -2.29. The maximum Gasteiger partial charge on any atom is 0.417 e. The molecule has 9 heteroatoms. The Balaban J connectivity index is 1.26. The predicted molar refractivity (Wildman–Crippen MR) is 177 cm³/mol. The lowest BCUT2D eigenvalue weighted by atomic mass is 9.90. The number of benzene rings is 4. The molecule has 1 heterocycles. The van der Waals surface area contributed by atoms with Crippen LogP contribution < -0.4 is 10.1 Å². The van der Waals surface area contributed by atoms with E-state index in [0.717, 1.165) is 22.8 Å². The zero-order valence-corrected chi connectivity index (χ0v) is 26.5. The molecule has 0 saturated carbocycles. The van der Waals surface area contributed by atoms with Crippen molar-refractivity contribution in [1.82, 2.24) is 10.2 Å². The first-order valence-corrected chi connectivity index (χ1v) is 15.8. The van der Waals surface area contributed by atoms with Gasteiger partial charge in [-0.25, -0.2) is 0 Å². The van der Waals surface area contributed by atoms with Crippen LogP contribution in [-0.2, 0) is 30.5 Å². The van der Waals surface area contributed by atoms with Crippen molar-refractivity contribution in [3.63, 3.8) is 0 Å². The second-order valence-electron chi connectivity index (χ2n) is 11.3. The molecule has 1 N–H and O–H groups in total. The van der Waals surface area contributed by atoms with Gasteiger partial charge in [-0.1, -0.05) is 96.5 Å². The molecule has 0 aliphatic carbocycles. The highest BCUT2D eigenvalue weighted by Crippen LogP contribution is 2.37. The van der Waals surface area contributed by atoms with E-state index in [1.165, 1.54) is 6.07 Å². The van der Waals surface area contributed by atoms with Crippen molar-refractivity contribution in [2.24, 2.45) is 0 Å². The van der Waals surface area contributed by atoms with Gasteiger partial charge in [0.15, 0.2) is 0 Å². The highest BCUT2D eigenvalue weighted by molar-refractivity contribution is 6.32. The topological polar surface area (TPSA) is 54.7 Å². The zero-order valence-electron chi connectivity index (χ0n) is 25.8. The second-order valence-corrected chi connectivity index (χ2v) is 11.6. The molecule has 0 aliphatic rings. The number of nitrogens with one attached hydrogen (secondary N) is 1. The van der Waals surface area contributed by atoms with Gasteiger partial charge >= 0.3 is 6.18 Å². The van der Waals surface area contributed by atoms with Gasteiger partial charge in [0.1, 0.15) is 11.5 Å². The largest absolute Gasteiger partial charge is 0.494 e. The van der Waals surface area contributed by atoms with Crippen molar-refractivity contribution >= 4 is 17.5 Å². The molecule has 0 fully saturated rings. The summed E-state index contributed by atoms with van der Waals surface area (Å²) in [6.07, 6.45) is -2.17. The van der Waals surface area contributed by atoms with E-state index >= 15 is 0 Å². The van der Waals surface area contributed by atoms with Crippen LogP contribution in [0.25, 0.3) is 0 Å². The number of ether oxygens (including phenoxy) is 1. The number of hydrogen-bond acceptors (Lipinski definition) is 4. The summed E-state index contributed by atoms with van der Waals surface area (Å²) in [6.45, 7) is 2.05. The van der Waals surface area contributed by atoms with Gasteiger partial charge in [-0.3, -0.25) is 9.69 Å². The summed E-state index contributed by atoms with van der Waals surface area (Å²) in [7, 11) is 0. The van der Waals surface area contributed by atoms with Gasteiger partial charge in [0.25, 0.3) is 0 Å². The number of nitrogens with zero attached hydrogens (tertiary/aromatic N) is 1. The molecule has 0 saturated heterocycles. The van der Waals surface area contributed by atoms with E-state index in [2.05, 4.69) is 34.5 Å². The molecular formula is C38H36ClF3N2O3. The standard InChI is InChI=1S/C38H36ClF3N2O3/c39-37-31(16-8-19-35(37)38(40,41)42)26-44(27-34(29-12-3-1-4-13-29)30-14-5-2-6-15-30)20-10-22-46-32-17-7-11-28(23-32)24-36(45)43-25-33-18-9-21-47-33/h1-9,11-19,21,23,34H,10,20,22,24-27H2,(H,43,45). The van der Waals surface area contributed by atoms with Crippen LogP contribution in [0.2, 0.25) is 5.02 Å². The summed E-state index contributed by atoms with van der Waals surface area (Å²) >= 11 is 6.34. The van der Waals surface area contributed by atoms with Crippen LogP contribution in [0.1, 0.15) is 45.9 Å². The third kappa shape index (κ3) is 9.98. The Hall–Kier alpha value is -4.53. The summed E-state index contributed by atoms with van der Waals surface area (Å²) < 4.78 is 52.4. The van der Waals surface area contributed by atoms with Gasteiger partial charge in [-0.15, -0.1) is 0 Å². The Labute approximate surface area is 277 Å². The fourth-order valence-electron chi connectivity index (χ4n) is 5.50. The molecule has 0 aliphatic heterocycles. The fraction of sp³-hybridized carbons (Fsp3) is 0.237. The Bertz CT molecular complexity index is 1660. The molecule has 0 spiro atoms. The SMILES string of the molecule is O=C(Cc1cccc(OCCCN(Cc2cccc(C(F)(F)F)c2Cl)CC(c2ccccc2)c2ccccc2)c1)NCc1ccco1. The maximum absolute atomic E-state index is 13.7. The summed E-state index contributed by atoms with van der Waals surface area (Å²) in [4.78, 5) is 14.6. The molecule has 244 valence electrons. The van der Waals surface area contributed by atoms with Gasteiger partial charge in [0.2, 0.25) is 5.91 Å². The number of furan rings is 1. The molecule has 47 heavy (non-hydrogen) atoms. The number of hydrogen-bond donors (Lipinski definition) is 1. The third-order valence-electron chi connectivity index (χ3n) is 7.81. The number of carbonyl (C=O) groups is 1. The summed E-state index contributed by atoms with van der Waals surface area (Å²) in [6, 6.07) is 35.2. The average Bonchev–Trinajstić information content (AvgIpc) is 3.60. The predicted octanol–water partition coefficient (Wildman–Crippen LogP) is 8.91. The summed E-state index contributed by atoms with van der Waals surface area (Å²) in [5.41, 5.74) is 2.62. The molecule has 0 bridgehead atoms. The molecule has 1 aromatic heterocycles. The molecule has 1 amide bonds. The lowest BCUT2D eigenvalue weighted by Crippen LogP contribution is -2.31. The zero-order chi connectivity index (χ0) is 33.1. The van der Waals surface area contributed by atoms with Crippen molar-refractivity contribution in [3.8, 4) is 5.75 Å². The average molecular weight is 661 g/mol. The molecular weight excluding hydrogens is 625 g/mol. The first kappa shape index (κ1) is 33.8. The minimum absolute atomic E-state index is 0.0153. The van der Waals surface area contributed by atoms with Crippen molar-refractivity contribution in [2.75, 3.05) is 19.7 Å². The lowest BCUT2D eigenvalue weighted by molar-refractivity contribution is -0.137. The van der Waals surface area contributed by atoms with Crippen LogP contribution in [0.5, 0.6) is 5.75 Å². The van der Waals surface area contributed by atoms with Gasteiger partial charge < -0.3 is 14.5 Å². The first-order valence-electron chi connectivity index (χ1n) is 15.4. The van der Waals surface area contributed by atoms with Crippen molar-refractivity contribution < 1.29 is 27.1 Å². The number of carbonyl (C=O) groups excluding carboxylic acids is 1. The summed E-state index contributed by atoms with van der Waals surface area (Å²) in [5, 5.41) is 2.57. The molecule has 5 rings (SSSR count). The normalized spacial score (nSPS) is 11.6. The number of amides is 1. The smallest absolute Gasteiger partial charge is 0.417 e. The van der Waals surface area contributed by atoms with E-state index in [-0.39, 0.29) is 29.8 Å². The van der Waals surface area contributed by atoms with Crippen LogP contribution in [0.3, 0.4) is 0 Å². The van der Waals surface area contributed by atoms with Crippen LogP contribution in [0.15, 0.2) is 126 Å². The monoisotopic (exact) mass is 660 g/mol. The highest BCUT2D eigenvalue weighted by atomic mass is 35.5. The van der Waals surface area contributed by atoms with E-state index in [1.807, 2.05) is 60.7 Å². The molecule has 0 atom stereocenters. The Morgan fingerprint density at radius 2 is 1.57 bits per heavy atom. The molecule has 0 radical (unpaired) electrons. The minimum Gasteiger partial charge on any atom is -0.494 e. The van der Waals surface area contributed by atoms with Crippen molar-refractivity contribution in [3.05, 3.63) is 160 Å². The van der Waals surface area contributed by atoms with Crippen LogP contribution in [0, 0.1) is 0 Å². The number of rotatable bonds is 15. The molecule has 0 unspecified atom stereocenters. The Morgan fingerprint density at radius 1 is 0.872 bits per heavy atom. The van der Waals surface area contributed by atoms with Gasteiger partial charge in [-0.05, 0) is 59.0 Å². The quantitative estimate of drug-likeness (QED) is 0.114. The van der Waals surface area contributed by atoms with E-state index in [0.29, 0.717) is 49.7 Å². The second kappa shape index (κ2) is 16.3. The Kier molecular flexibility index (Phi) is 11.8. The summed E-state index contributed by atoms with van der Waals surface area (Å²) in [5.74, 6) is 1.17. The molecule has 5 nitrogen and oxygen atoms in total. The molecule has 4 aromatic carbocycles. The van der Waals surface area contributed by atoms with Crippen molar-refractivity contribution in [2.45, 2.75) is 38.0 Å². The fourth-order valence-corrected chi connectivity index (χ4v) is 5.79. The molecule has 5 aromatic rings. The van der Waals surface area contributed by atoms with E-state index in [1.54, 1.807) is 24.5 Å². The third-order valence-corrected chi connectivity index (χ3v) is 8.26. The van der Waals surface area contributed by atoms with Gasteiger partial charge in [0.05, 0.1) is 36.4 Å².